The average Bonchev–Trinajstić information content (AvgIpc) is 3.27. The molecule has 142 valence electrons. The second-order valence-electron chi connectivity index (χ2n) is 7.11. The molecule has 2 aromatic carbocycles. The van der Waals surface area contributed by atoms with E-state index in [0.717, 1.165) is 41.0 Å². The molecule has 0 radical (unpaired) electrons. The highest BCUT2D eigenvalue weighted by molar-refractivity contribution is 5.66. The first kappa shape index (κ1) is 18.0. The second kappa shape index (κ2) is 7.31. The molecule has 0 amide bonds. The number of phenols is 2. The monoisotopic (exact) mass is 372 g/mol. The Morgan fingerprint density at radius 3 is 1.79 bits per heavy atom. The van der Waals surface area contributed by atoms with Gasteiger partial charge in [0.25, 0.3) is 0 Å². The lowest BCUT2D eigenvalue weighted by Crippen LogP contribution is -1.97. The van der Waals surface area contributed by atoms with E-state index in [1.807, 2.05) is 24.3 Å². The number of aromatic nitrogens is 2. The quantitative estimate of drug-likeness (QED) is 0.478. The third-order valence-electron chi connectivity index (χ3n) is 5.01. The van der Waals surface area contributed by atoms with Crippen LogP contribution >= 0.6 is 0 Å². The van der Waals surface area contributed by atoms with Crippen molar-refractivity contribution in [2.24, 2.45) is 0 Å². The van der Waals surface area contributed by atoms with Gasteiger partial charge in [0, 0.05) is 46.3 Å². The van der Waals surface area contributed by atoms with Gasteiger partial charge in [0.15, 0.2) is 0 Å². The van der Waals surface area contributed by atoms with Crippen molar-refractivity contribution in [3.63, 3.8) is 0 Å². The van der Waals surface area contributed by atoms with Gasteiger partial charge in [-0.1, -0.05) is 13.3 Å². The van der Waals surface area contributed by atoms with Crippen LogP contribution in [0.4, 0.5) is 0 Å². The van der Waals surface area contributed by atoms with Gasteiger partial charge in [-0.3, -0.25) is 0 Å². The Labute approximate surface area is 164 Å². The van der Waals surface area contributed by atoms with Gasteiger partial charge in [0.2, 0.25) is 0 Å². The predicted octanol–water partition coefficient (Wildman–Crippen LogP) is 5.61. The van der Waals surface area contributed by atoms with Crippen LogP contribution < -0.4 is 0 Å². The molecular weight excluding hydrogens is 348 g/mol. The van der Waals surface area contributed by atoms with Gasteiger partial charge in [-0.25, -0.2) is 0 Å². The molecule has 2 aromatic heterocycles. The minimum absolute atomic E-state index is 0.268. The summed E-state index contributed by atoms with van der Waals surface area (Å²) in [6.45, 7) is 4.26. The van der Waals surface area contributed by atoms with Crippen molar-refractivity contribution >= 4 is 0 Å². The van der Waals surface area contributed by atoms with Crippen molar-refractivity contribution < 1.29 is 10.2 Å². The van der Waals surface area contributed by atoms with E-state index in [1.54, 1.807) is 24.3 Å². The summed E-state index contributed by atoms with van der Waals surface area (Å²) in [5, 5.41) is 19.1. The van der Waals surface area contributed by atoms with E-state index in [-0.39, 0.29) is 11.5 Å². The maximum absolute atomic E-state index is 9.59. The molecule has 0 aliphatic rings. The largest absolute Gasteiger partial charge is 0.508 e. The molecule has 0 atom stereocenters. The fourth-order valence-electron chi connectivity index (χ4n) is 3.59. The molecule has 2 heterocycles. The maximum Gasteiger partial charge on any atom is 0.115 e. The number of hydrogen-bond donors (Lipinski definition) is 2. The van der Waals surface area contributed by atoms with Crippen LogP contribution in [0.3, 0.4) is 0 Å². The van der Waals surface area contributed by atoms with Crippen LogP contribution in [0.5, 0.6) is 11.5 Å². The van der Waals surface area contributed by atoms with Crippen molar-refractivity contribution in [1.29, 1.82) is 0 Å². The summed E-state index contributed by atoms with van der Waals surface area (Å²) in [6, 6.07) is 19.0. The molecule has 4 rings (SSSR count). The van der Waals surface area contributed by atoms with E-state index in [4.69, 9.17) is 0 Å². The van der Waals surface area contributed by atoms with Crippen LogP contribution in [0.1, 0.15) is 24.7 Å². The average molecular weight is 372 g/mol. The van der Waals surface area contributed by atoms with Crippen LogP contribution in [-0.2, 0) is 6.42 Å². The molecule has 28 heavy (non-hydrogen) atoms. The Morgan fingerprint density at radius 1 is 0.714 bits per heavy atom. The molecular formula is C24H24N2O2. The minimum atomic E-state index is 0.268. The van der Waals surface area contributed by atoms with Gasteiger partial charge in [-0.15, -0.1) is 0 Å². The molecule has 0 fully saturated rings. The molecule has 0 aliphatic heterocycles. The van der Waals surface area contributed by atoms with Crippen molar-refractivity contribution in [3.8, 4) is 34.0 Å². The molecule has 0 spiro atoms. The summed E-state index contributed by atoms with van der Waals surface area (Å²) < 4.78 is 4.33. The summed E-state index contributed by atoms with van der Waals surface area (Å²) in [4.78, 5) is 0. The van der Waals surface area contributed by atoms with Crippen molar-refractivity contribution in [1.82, 2.24) is 9.13 Å². The minimum Gasteiger partial charge on any atom is -0.508 e. The molecule has 0 aliphatic carbocycles. The predicted molar refractivity (Wildman–Crippen MR) is 113 cm³/mol. The van der Waals surface area contributed by atoms with E-state index in [9.17, 15) is 10.2 Å². The molecule has 0 bridgehead atoms. The van der Waals surface area contributed by atoms with Crippen LogP contribution in [-0.4, -0.2) is 19.3 Å². The van der Waals surface area contributed by atoms with Crippen LogP contribution in [0.2, 0.25) is 0 Å². The highest BCUT2D eigenvalue weighted by Gasteiger charge is 2.12. The van der Waals surface area contributed by atoms with Gasteiger partial charge in [-0.2, -0.15) is 0 Å². The number of hydrogen-bond acceptors (Lipinski definition) is 2. The lowest BCUT2D eigenvalue weighted by molar-refractivity contribution is 0.474. The Hall–Kier alpha value is -3.40. The summed E-state index contributed by atoms with van der Waals surface area (Å²) in [7, 11) is 0. The zero-order valence-electron chi connectivity index (χ0n) is 16.1. The highest BCUT2D eigenvalue weighted by atomic mass is 16.3. The first-order chi connectivity index (χ1) is 13.5. The molecule has 0 saturated carbocycles. The second-order valence-corrected chi connectivity index (χ2v) is 7.11. The Bertz CT molecular complexity index is 1090. The molecule has 0 unspecified atom stereocenters. The lowest BCUT2D eigenvalue weighted by atomic mass is 10.1. The van der Waals surface area contributed by atoms with Gasteiger partial charge in [0.1, 0.15) is 11.5 Å². The van der Waals surface area contributed by atoms with Crippen molar-refractivity contribution in [2.75, 3.05) is 0 Å². The van der Waals surface area contributed by atoms with Crippen LogP contribution in [0.25, 0.3) is 22.5 Å². The molecule has 2 N–H and O–H groups in total. The van der Waals surface area contributed by atoms with Crippen LogP contribution in [0.15, 0.2) is 73.1 Å². The number of phenolic OH excluding ortho intramolecular Hbond substituents is 2. The Morgan fingerprint density at radius 2 is 1.21 bits per heavy atom. The zero-order valence-corrected chi connectivity index (χ0v) is 16.1. The van der Waals surface area contributed by atoms with E-state index in [0.29, 0.717) is 0 Å². The zero-order chi connectivity index (χ0) is 19.7. The number of aryl methyl sites for hydroxylation is 2. The molecule has 0 saturated heterocycles. The topological polar surface area (TPSA) is 50.3 Å². The molecule has 4 nitrogen and oxygen atoms in total. The first-order valence-electron chi connectivity index (χ1n) is 9.54. The Balaban J connectivity index is 1.75. The maximum atomic E-state index is 9.59. The van der Waals surface area contributed by atoms with Crippen molar-refractivity contribution in [3.05, 3.63) is 84.4 Å². The van der Waals surface area contributed by atoms with Gasteiger partial charge < -0.3 is 19.3 Å². The lowest BCUT2D eigenvalue weighted by Gasteiger charge is -2.08. The van der Waals surface area contributed by atoms with Crippen LogP contribution in [0, 0.1) is 6.92 Å². The summed E-state index contributed by atoms with van der Waals surface area (Å²) in [6.07, 6.45) is 6.34. The number of rotatable bonds is 5. The Kier molecular flexibility index (Phi) is 4.70. The molecule has 4 heteroatoms. The van der Waals surface area contributed by atoms with Gasteiger partial charge in [-0.05, 0) is 74.0 Å². The van der Waals surface area contributed by atoms with Gasteiger partial charge in [0.05, 0.1) is 0 Å². The van der Waals surface area contributed by atoms with Gasteiger partial charge >= 0.3 is 0 Å². The smallest absolute Gasteiger partial charge is 0.115 e. The number of nitrogens with zero attached hydrogens (tertiary/aromatic N) is 2. The fraction of sp³-hybridized carbons (Fsp3) is 0.167. The van der Waals surface area contributed by atoms with E-state index >= 15 is 0 Å². The summed E-state index contributed by atoms with van der Waals surface area (Å²) in [5.41, 5.74) is 6.77. The molecule has 4 aromatic rings. The highest BCUT2D eigenvalue weighted by Crippen LogP contribution is 2.29. The van der Waals surface area contributed by atoms with Crippen molar-refractivity contribution in [2.45, 2.75) is 26.7 Å². The third-order valence-corrected chi connectivity index (χ3v) is 5.01. The van der Waals surface area contributed by atoms with E-state index < -0.39 is 0 Å². The summed E-state index contributed by atoms with van der Waals surface area (Å²) >= 11 is 0. The standard InChI is InChI=1S/C24H24N2O2/c1-3-4-22-14-19(16-26(22)21-7-11-24(28)12-8-21)18-13-17(2)25(15-18)20-5-9-23(27)10-6-20/h5-16,27-28H,3-4H2,1-2H3. The SMILES string of the molecule is CCCc1cc(-c2cc(C)n(-c3ccc(O)cc3)c2)cn1-c1ccc(O)cc1. The number of benzene rings is 2. The normalized spacial score (nSPS) is 11.1. The number of aromatic hydroxyl groups is 2. The fourth-order valence-corrected chi connectivity index (χ4v) is 3.59. The third kappa shape index (κ3) is 3.41. The summed E-state index contributed by atoms with van der Waals surface area (Å²) in [5.74, 6) is 0.540. The van der Waals surface area contributed by atoms with E-state index in [2.05, 4.69) is 47.5 Å². The first-order valence-corrected chi connectivity index (χ1v) is 9.54. The van der Waals surface area contributed by atoms with E-state index in [1.165, 1.54) is 5.69 Å².